The van der Waals surface area contributed by atoms with E-state index in [1.54, 1.807) is 12.1 Å². The molecule has 28 heavy (non-hydrogen) atoms. The van der Waals surface area contributed by atoms with Crippen LogP contribution in [0.15, 0.2) is 54.6 Å². The lowest BCUT2D eigenvalue weighted by Gasteiger charge is -2.42. The van der Waals surface area contributed by atoms with Crippen molar-refractivity contribution >= 4 is 16.7 Å². The highest BCUT2D eigenvalue weighted by Crippen LogP contribution is 2.46. The van der Waals surface area contributed by atoms with Crippen LogP contribution >= 0.6 is 0 Å². The minimum absolute atomic E-state index is 0.220. The SMILES string of the molecule is CC1(C)CCC(C)(C)c2cc(Cc3ccc4cc(C(=O)O)ccc4c3)ccc21. The van der Waals surface area contributed by atoms with Crippen molar-refractivity contribution in [1.29, 1.82) is 0 Å². The Morgan fingerprint density at radius 3 is 2.07 bits per heavy atom. The lowest BCUT2D eigenvalue weighted by molar-refractivity contribution is 0.0697. The van der Waals surface area contributed by atoms with Gasteiger partial charge in [0.15, 0.2) is 0 Å². The van der Waals surface area contributed by atoms with Crippen LogP contribution in [0.3, 0.4) is 0 Å². The van der Waals surface area contributed by atoms with Crippen LogP contribution in [0.2, 0.25) is 0 Å². The molecule has 0 radical (unpaired) electrons. The molecule has 1 N–H and O–H groups in total. The number of carboxylic acids is 1. The van der Waals surface area contributed by atoms with Crippen LogP contribution in [0.1, 0.15) is 73.1 Å². The van der Waals surface area contributed by atoms with Gasteiger partial charge in [-0.15, -0.1) is 0 Å². The normalized spacial score (nSPS) is 17.3. The quantitative estimate of drug-likeness (QED) is 0.571. The summed E-state index contributed by atoms with van der Waals surface area (Å²) in [6.07, 6.45) is 3.34. The average Bonchev–Trinajstić information content (AvgIpc) is 2.65. The monoisotopic (exact) mass is 372 g/mol. The van der Waals surface area contributed by atoms with E-state index in [0.717, 1.165) is 17.2 Å². The van der Waals surface area contributed by atoms with E-state index in [-0.39, 0.29) is 10.8 Å². The van der Waals surface area contributed by atoms with Crippen molar-refractivity contribution in [1.82, 2.24) is 0 Å². The Hall–Kier alpha value is -2.61. The number of hydrogen-bond donors (Lipinski definition) is 1. The number of rotatable bonds is 3. The van der Waals surface area contributed by atoms with Gasteiger partial charge in [-0.3, -0.25) is 0 Å². The van der Waals surface area contributed by atoms with Gasteiger partial charge in [-0.25, -0.2) is 4.79 Å². The van der Waals surface area contributed by atoms with Crippen LogP contribution in [0.25, 0.3) is 10.8 Å². The zero-order valence-electron chi connectivity index (χ0n) is 17.2. The van der Waals surface area contributed by atoms with Gasteiger partial charge in [-0.2, -0.15) is 0 Å². The van der Waals surface area contributed by atoms with Crippen molar-refractivity contribution in [2.75, 3.05) is 0 Å². The van der Waals surface area contributed by atoms with Crippen molar-refractivity contribution in [3.05, 3.63) is 82.4 Å². The molecule has 1 aliphatic carbocycles. The maximum atomic E-state index is 11.2. The van der Waals surface area contributed by atoms with E-state index in [1.807, 2.05) is 12.1 Å². The van der Waals surface area contributed by atoms with Gasteiger partial charge >= 0.3 is 5.97 Å². The molecule has 2 nitrogen and oxygen atoms in total. The highest BCUT2D eigenvalue weighted by atomic mass is 16.4. The molecule has 0 atom stereocenters. The molecule has 3 aromatic rings. The third kappa shape index (κ3) is 3.32. The van der Waals surface area contributed by atoms with Gasteiger partial charge in [-0.1, -0.05) is 70.2 Å². The zero-order chi connectivity index (χ0) is 20.1. The van der Waals surface area contributed by atoms with Gasteiger partial charge in [0.25, 0.3) is 0 Å². The second kappa shape index (κ2) is 6.48. The lowest BCUT2D eigenvalue weighted by atomic mass is 9.63. The van der Waals surface area contributed by atoms with Gasteiger partial charge in [0, 0.05) is 0 Å². The first-order chi connectivity index (χ1) is 13.2. The number of hydrogen-bond acceptors (Lipinski definition) is 1. The maximum absolute atomic E-state index is 11.2. The summed E-state index contributed by atoms with van der Waals surface area (Å²) in [4.78, 5) is 11.2. The summed E-state index contributed by atoms with van der Waals surface area (Å²) in [7, 11) is 0. The van der Waals surface area contributed by atoms with E-state index in [1.165, 1.54) is 35.1 Å². The Balaban J connectivity index is 1.68. The average molecular weight is 373 g/mol. The third-order valence-corrected chi connectivity index (χ3v) is 6.48. The summed E-state index contributed by atoms with van der Waals surface area (Å²) >= 11 is 0. The molecule has 0 amide bonds. The van der Waals surface area contributed by atoms with E-state index in [9.17, 15) is 4.79 Å². The topological polar surface area (TPSA) is 37.3 Å². The molecule has 0 heterocycles. The fraction of sp³-hybridized carbons (Fsp3) is 0.346. The van der Waals surface area contributed by atoms with Crippen molar-refractivity contribution in [2.24, 2.45) is 0 Å². The predicted molar refractivity (Wildman–Crippen MR) is 115 cm³/mol. The van der Waals surface area contributed by atoms with Gasteiger partial charge in [-0.05, 0) is 75.3 Å². The largest absolute Gasteiger partial charge is 0.478 e. The molecule has 2 heteroatoms. The molecule has 3 aromatic carbocycles. The predicted octanol–water partition coefficient (Wildman–Crippen LogP) is 6.48. The summed E-state index contributed by atoms with van der Waals surface area (Å²) in [5.74, 6) is -0.884. The van der Waals surface area contributed by atoms with Crippen molar-refractivity contribution in [2.45, 2.75) is 57.8 Å². The summed E-state index contributed by atoms with van der Waals surface area (Å²) in [5, 5.41) is 11.2. The first-order valence-corrected chi connectivity index (χ1v) is 10.1. The first kappa shape index (κ1) is 18.7. The molecule has 0 aromatic heterocycles. The molecule has 0 unspecified atom stereocenters. The summed E-state index contributed by atoms with van der Waals surface area (Å²) < 4.78 is 0. The van der Waals surface area contributed by atoms with Gasteiger partial charge in [0.2, 0.25) is 0 Å². The Morgan fingerprint density at radius 1 is 0.786 bits per heavy atom. The minimum atomic E-state index is -0.884. The van der Waals surface area contributed by atoms with Crippen LogP contribution in [0.5, 0.6) is 0 Å². The minimum Gasteiger partial charge on any atom is -0.478 e. The highest BCUT2D eigenvalue weighted by Gasteiger charge is 2.36. The second-order valence-corrected chi connectivity index (χ2v) is 9.53. The van der Waals surface area contributed by atoms with Crippen LogP contribution < -0.4 is 0 Å². The van der Waals surface area contributed by atoms with Gasteiger partial charge in [0.1, 0.15) is 0 Å². The van der Waals surface area contributed by atoms with Crippen LogP contribution in [-0.2, 0) is 17.3 Å². The Labute approximate surface area is 167 Å². The fourth-order valence-electron chi connectivity index (χ4n) is 4.52. The summed E-state index contributed by atoms with van der Waals surface area (Å²) in [6.45, 7) is 9.44. The molecule has 0 aliphatic heterocycles. The zero-order valence-corrected chi connectivity index (χ0v) is 17.2. The van der Waals surface area contributed by atoms with Crippen molar-refractivity contribution in [3.63, 3.8) is 0 Å². The van der Waals surface area contributed by atoms with Crippen molar-refractivity contribution in [3.8, 4) is 0 Å². The number of aromatic carboxylic acids is 1. The third-order valence-electron chi connectivity index (χ3n) is 6.48. The van der Waals surface area contributed by atoms with Crippen LogP contribution in [0, 0.1) is 0 Å². The fourth-order valence-corrected chi connectivity index (χ4v) is 4.52. The molecule has 0 bridgehead atoms. The maximum Gasteiger partial charge on any atom is 0.335 e. The molecule has 0 spiro atoms. The van der Waals surface area contributed by atoms with Gasteiger partial charge < -0.3 is 5.11 Å². The van der Waals surface area contributed by atoms with E-state index in [2.05, 4.69) is 58.0 Å². The van der Waals surface area contributed by atoms with E-state index >= 15 is 0 Å². The number of benzene rings is 3. The lowest BCUT2D eigenvalue weighted by Crippen LogP contribution is -2.33. The smallest absolute Gasteiger partial charge is 0.335 e. The molecular formula is C26H28O2. The van der Waals surface area contributed by atoms with E-state index in [4.69, 9.17) is 5.11 Å². The van der Waals surface area contributed by atoms with E-state index in [0.29, 0.717) is 5.56 Å². The summed E-state index contributed by atoms with van der Waals surface area (Å²) in [6, 6.07) is 18.7. The molecule has 1 aliphatic rings. The number of fused-ring (bicyclic) bond motifs is 2. The van der Waals surface area contributed by atoms with E-state index < -0.39 is 5.97 Å². The van der Waals surface area contributed by atoms with Crippen LogP contribution in [0.4, 0.5) is 0 Å². The Morgan fingerprint density at radius 2 is 1.36 bits per heavy atom. The molecule has 0 fully saturated rings. The molecule has 0 saturated heterocycles. The molecule has 4 rings (SSSR count). The summed E-state index contributed by atoms with van der Waals surface area (Å²) in [5.41, 5.74) is 6.38. The number of carbonyl (C=O) groups is 1. The Kier molecular flexibility index (Phi) is 4.33. The van der Waals surface area contributed by atoms with Crippen LogP contribution in [-0.4, -0.2) is 11.1 Å². The standard InChI is InChI=1S/C26H28O2/c1-25(2)11-12-26(3,4)23-15-18(6-10-22(23)25)13-17-5-7-20-16-21(24(27)28)9-8-19(20)14-17/h5-10,14-16H,11-13H2,1-4H3,(H,27,28). The molecule has 0 saturated carbocycles. The molecular weight excluding hydrogens is 344 g/mol. The second-order valence-electron chi connectivity index (χ2n) is 9.53. The van der Waals surface area contributed by atoms with Crippen molar-refractivity contribution < 1.29 is 9.90 Å². The Bertz CT molecular complexity index is 1070. The molecule has 144 valence electrons. The first-order valence-electron chi connectivity index (χ1n) is 10.1. The number of carboxylic acid groups (broad SMARTS) is 1. The highest BCUT2D eigenvalue weighted by molar-refractivity contribution is 5.94. The van der Waals surface area contributed by atoms with Gasteiger partial charge in [0.05, 0.1) is 5.56 Å².